The number of hydrogen-bond acceptors (Lipinski definition) is 6. The van der Waals surface area contributed by atoms with E-state index >= 15 is 0 Å². The van der Waals surface area contributed by atoms with Crippen LogP contribution in [0.15, 0.2) is 93.3 Å². The highest BCUT2D eigenvalue weighted by Crippen LogP contribution is 2.22. The monoisotopic (exact) mass is 541 g/mol. The zero-order valence-corrected chi connectivity index (χ0v) is 21.8. The lowest BCUT2D eigenvalue weighted by molar-refractivity contribution is 0.102. The highest BCUT2D eigenvalue weighted by atomic mass is 32.2. The molecular weight excluding hydrogens is 518 g/mol. The van der Waals surface area contributed by atoms with E-state index in [2.05, 4.69) is 14.8 Å². The molecule has 1 amide bonds. The number of nitrogens with one attached hydrogen (secondary N) is 3. The Morgan fingerprint density at radius 2 is 1.31 bits per heavy atom. The van der Waals surface area contributed by atoms with Crippen molar-refractivity contribution >= 4 is 54.4 Å². The number of aryl methyl sites for hydroxylation is 2. The number of rotatable bonds is 8. The Labute approximate surface area is 214 Å². The molecule has 0 aliphatic heterocycles. The van der Waals surface area contributed by atoms with Crippen LogP contribution in [0.1, 0.15) is 21.5 Å². The molecule has 186 valence electrons. The summed E-state index contributed by atoms with van der Waals surface area (Å²) >= 11 is 1.11. The first-order chi connectivity index (χ1) is 17.0. The van der Waals surface area contributed by atoms with Crippen LogP contribution in [0.2, 0.25) is 0 Å². The minimum Gasteiger partial charge on any atom is -0.322 e. The molecule has 4 rings (SSSR count). The van der Waals surface area contributed by atoms with Gasteiger partial charge in [0, 0.05) is 22.6 Å². The lowest BCUT2D eigenvalue weighted by Crippen LogP contribution is -2.14. The van der Waals surface area contributed by atoms with Crippen molar-refractivity contribution in [1.29, 1.82) is 0 Å². The molecule has 8 nitrogen and oxygen atoms in total. The number of sulfonamides is 2. The molecule has 4 aromatic rings. The zero-order chi connectivity index (χ0) is 25.9. The van der Waals surface area contributed by atoms with E-state index in [9.17, 15) is 21.6 Å². The average Bonchev–Trinajstić information content (AvgIpc) is 3.38. The number of anilines is 3. The SMILES string of the molecule is Cc1ccc(NS(=O)(=O)c2ccc(NC(=O)c3ccc(NS(=O)(=O)c4cccs4)cc3)cc2)cc1C. The minimum atomic E-state index is -3.79. The number of hydrogen-bond donors (Lipinski definition) is 3. The number of amides is 1. The molecule has 3 aromatic carbocycles. The number of benzene rings is 3. The maximum Gasteiger partial charge on any atom is 0.271 e. The molecule has 0 aliphatic carbocycles. The fraction of sp³-hybridized carbons (Fsp3) is 0.0800. The summed E-state index contributed by atoms with van der Waals surface area (Å²) in [5, 5.41) is 4.37. The van der Waals surface area contributed by atoms with Gasteiger partial charge in [0.1, 0.15) is 4.21 Å². The summed E-state index contributed by atoms with van der Waals surface area (Å²) in [6, 6.07) is 20.2. The Bertz CT molecular complexity index is 1600. The van der Waals surface area contributed by atoms with E-state index in [1.54, 1.807) is 23.6 Å². The van der Waals surface area contributed by atoms with Crippen LogP contribution in [0.4, 0.5) is 17.1 Å². The fourth-order valence-electron chi connectivity index (χ4n) is 3.25. The van der Waals surface area contributed by atoms with E-state index in [0.29, 0.717) is 22.6 Å². The molecule has 0 atom stereocenters. The number of carbonyl (C=O) groups excluding carboxylic acids is 1. The lowest BCUT2D eigenvalue weighted by atomic mass is 10.1. The van der Waals surface area contributed by atoms with Crippen LogP contribution in [0.3, 0.4) is 0 Å². The van der Waals surface area contributed by atoms with E-state index < -0.39 is 26.0 Å². The fourth-order valence-corrected chi connectivity index (χ4v) is 6.35. The normalized spacial score (nSPS) is 11.6. The summed E-state index contributed by atoms with van der Waals surface area (Å²) in [4.78, 5) is 12.7. The molecule has 0 unspecified atom stereocenters. The number of thiophene rings is 1. The second kappa shape index (κ2) is 10.1. The van der Waals surface area contributed by atoms with Crippen molar-refractivity contribution in [2.75, 3.05) is 14.8 Å². The first-order valence-electron chi connectivity index (χ1n) is 10.7. The zero-order valence-electron chi connectivity index (χ0n) is 19.3. The van der Waals surface area contributed by atoms with Crippen molar-refractivity contribution < 1.29 is 21.6 Å². The molecule has 0 spiro atoms. The van der Waals surface area contributed by atoms with Gasteiger partial charge in [0.2, 0.25) is 0 Å². The van der Waals surface area contributed by atoms with Crippen molar-refractivity contribution in [3.05, 3.63) is 101 Å². The molecule has 0 bridgehead atoms. The van der Waals surface area contributed by atoms with Gasteiger partial charge in [-0.05, 0) is 97.1 Å². The van der Waals surface area contributed by atoms with Gasteiger partial charge in [0.25, 0.3) is 26.0 Å². The molecule has 1 heterocycles. The van der Waals surface area contributed by atoms with E-state index in [4.69, 9.17) is 0 Å². The maximum atomic E-state index is 12.7. The van der Waals surface area contributed by atoms with Crippen molar-refractivity contribution in [1.82, 2.24) is 0 Å². The lowest BCUT2D eigenvalue weighted by Gasteiger charge is -2.11. The largest absolute Gasteiger partial charge is 0.322 e. The molecule has 36 heavy (non-hydrogen) atoms. The third kappa shape index (κ3) is 5.93. The quantitative estimate of drug-likeness (QED) is 0.282. The van der Waals surface area contributed by atoms with E-state index in [-0.39, 0.29) is 9.10 Å². The third-order valence-corrected chi connectivity index (χ3v) is 9.52. The standard InChI is InChI=1S/C25H23N3O5S3/c1-17-5-8-22(16-18(17)2)28-35(30,31)23-13-11-20(12-14-23)26-25(29)19-6-9-21(10-7-19)27-36(32,33)24-4-3-15-34-24/h3-16,27-28H,1-2H3,(H,26,29). The van der Waals surface area contributed by atoms with Crippen LogP contribution in [-0.4, -0.2) is 22.7 Å². The van der Waals surface area contributed by atoms with Gasteiger partial charge in [-0.1, -0.05) is 12.1 Å². The van der Waals surface area contributed by atoms with Crippen molar-refractivity contribution in [3.63, 3.8) is 0 Å². The first-order valence-corrected chi connectivity index (χ1v) is 14.6. The Morgan fingerprint density at radius 1 is 0.694 bits per heavy atom. The number of carbonyl (C=O) groups is 1. The second-order valence-corrected chi connectivity index (χ2v) is 12.5. The third-order valence-electron chi connectivity index (χ3n) is 5.34. The Hall–Kier alpha value is -3.67. The summed E-state index contributed by atoms with van der Waals surface area (Å²) in [5.74, 6) is -0.425. The van der Waals surface area contributed by atoms with Crippen LogP contribution in [0.5, 0.6) is 0 Å². The molecule has 3 N–H and O–H groups in total. The summed E-state index contributed by atoms with van der Waals surface area (Å²) < 4.78 is 55.3. The summed E-state index contributed by atoms with van der Waals surface area (Å²) in [7, 11) is -7.47. The van der Waals surface area contributed by atoms with E-state index in [1.807, 2.05) is 19.9 Å². The van der Waals surface area contributed by atoms with Crippen molar-refractivity contribution in [2.24, 2.45) is 0 Å². The highest BCUT2D eigenvalue weighted by molar-refractivity contribution is 7.94. The topological polar surface area (TPSA) is 121 Å². The smallest absolute Gasteiger partial charge is 0.271 e. The highest BCUT2D eigenvalue weighted by Gasteiger charge is 2.17. The molecule has 0 radical (unpaired) electrons. The summed E-state index contributed by atoms with van der Waals surface area (Å²) in [6.45, 7) is 3.85. The van der Waals surface area contributed by atoms with Crippen LogP contribution < -0.4 is 14.8 Å². The molecule has 0 saturated carbocycles. The van der Waals surface area contributed by atoms with Gasteiger partial charge in [0.15, 0.2) is 0 Å². The van der Waals surface area contributed by atoms with Gasteiger partial charge >= 0.3 is 0 Å². The minimum absolute atomic E-state index is 0.0566. The molecule has 1 aromatic heterocycles. The summed E-state index contributed by atoms with van der Waals surface area (Å²) in [5.41, 5.74) is 3.55. The van der Waals surface area contributed by atoms with Gasteiger partial charge in [0.05, 0.1) is 4.90 Å². The van der Waals surface area contributed by atoms with Gasteiger partial charge < -0.3 is 5.32 Å². The van der Waals surface area contributed by atoms with Gasteiger partial charge in [-0.15, -0.1) is 11.3 Å². The van der Waals surface area contributed by atoms with Crippen LogP contribution >= 0.6 is 11.3 Å². The van der Waals surface area contributed by atoms with Gasteiger partial charge in [-0.3, -0.25) is 14.2 Å². The van der Waals surface area contributed by atoms with Gasteiger partial charge in [-0.25, -0.2) is 16.8 Å². The Morgan fingerprint density at radius 3 is 1.92 bits per heavy atom. The van der Waals surface area contributed by atoms with Gasteiger partial charge in [-0.2, -0.15) is 0 Å². The molecule has 0 aliphatic rings. The Balaban J connectivity index is 1.40. The second-order valence-electron chi connectivity index (χ2n) is 8.00. The Kier molecular flexibility index (Phi) is 7.16. The maximum absolute atomic E-state index is 12.7. The molecule has 0 fully saturated rings. The first kappa shape index (κ1) is 25.4. The molecule has 11 heteroatoms. The predicted octanol–water partition coefficient (Wildman–Crippen LogP) is 5.22. The van der Waals surface area contributed by atoms with Crippen molar-refractivity contribution in [3.8, 4) is 0 Å². The molecular formula is C25H23N3O5S3. The average molecular weight is 542 g/mol. The molecule has 0 saturated heterocycles. The van der Waals surface area contributed by atoms with Crippen LogP contribution in [0, 0.1) is 13.8 Å². The van der Waals surface area contributed by atoms with E-state index in [1.165, 1.54) is 54.6 Å². The van der Waals surface area contributed by atoms with Crippen LogP contribution in [0.25, 0.3) is 0 Å². The predicted molar refractivity (Wildman–Crippen MR) is 143 cm³/mol. The summed E-state index contributed by atoms with van der Waals surface area (Å²) in [6.07, 6.45) is 0. The van der Waals surface area contributed by atoms with Crippen molar-refractivity contribution in [2.45, 2.75) is 23.0 Å². The van der Waals surface area contributed by atoms with E-state index in [0.717, 1.165) is 22.5 Å². The van der Waals surface area contributed by atoms with Crippen LogP contribution in [-0.2, 0) is 20.0 Å².